The molecule has 1 unspecified atom stereocenters. The molecule has 38 valence electrons. The summed E-state index contributed by atoms with van der Waals surface area (Å²) in [5.74, 6) is 2.56. The van der Waals surface area contributed by atoms with Gasteiger partial charge in [-0.15, -0.1) is 0 Å². The Labute approximate surface area is 113 Å². The molecule has 3 nitrogen and oxygen atoms in total. The van der Waals surface area contributed by atoms with E-state index in [1.165, 1.54) is 27.3 Å². The van der Waals surface area contributed by atoms with Crippen molar-refractivity contribution in [1.82, 2.24) is 0 Å². The zero-order chi connectivity index (χ0) is 5.58. The van der Waals surface area contributed by atoms with Crippen LogP contribution in [0.1, 0.15) is 0 Å². The number of hydrogen-bond donors (Lipinski definition) is 3. The van der Waals surface area contributed by atoms with Crippen molar-refractivity contribution < 1.29 is 14.7 Å². The summed E-state index contributed by atoms with van der Waals surface area (Å²) in [6, 6.07) is 0. The summed E-state index contributed by atoms with van der Waals surface area (Å²) in [6.45, 7) is 0. The minimum atomic E-state index is -2.62. The summed E-state index contributed by atoms with van der Waals surface area (Å²) in [7, 11) is -2.62. The SMILES string of the molecule is OP(O)O.[NaH].[NaH].[Na][PH2]. The molecule has 0 bridgehead atoms. The van der Waals surface area contributed by atoms with Crippen LogP contribution in [0.15, 0.2) is 0 Å². The first kappa shape index (κ1) is 22.6. The molecule has 0 saturated carbocycles. The number of rotatable bonds is 0. The van der Waals surface area contributed by atoms with Gasteiger partial charge in [-0.1, -0.05) is 0 Å². The van der Waals surface area contributed by atoms with Crippen LogP contribution in [0.25, 0.3) is 0 Å². The molecule has 0 amide bonds. The third-order valence-corrected chi connectivity index (χ3v) is 0. The zero-order valence-electron chi connectivity index (χ0n) is 3.37. The molecule has 0 radical (unpaired) electrons. The van der Waals surface area contributed by atoms with Crippen LogP contribution in [0.2, 0.25) is 0 Å². The Morgan fingerprint density at radius 3 is 1.00 bits per heavy atom. The van der Waals surface area contributed by atoms with Gasteiger partial charge in [0, 0.05) is 0 Å². The minimum absolute atomic E-state index is 0. The van der Waals surface area contributed by atoms with Gasteiger partial charge in [-0.3, -0.25) is 0 Å². The van der Waals surface area contributed by atoms with Gasteiger partial charge in [-0.05, 0) is 0 Å². The van der Waals surface area contributed by atoms with Gasteiger partial charge >= 0.3 is 101 Å². The summed E-state index contributed by atoms with van der Waals surface area (Å²) < 4.78 is 0. The molecule has 0 aliphatic carbocycles. The van der Waals surface area contributed by atoms with Crippen molar-refractivity contribution in [3.63, 3.8) is 0 Å². The van der Waals surface area contributed by atoms with Crippen LogP contribution in [-0.4, -0.2) is 101 Å². The van der Waals surface area contributed by atoms with Crippen molar-refractivity contribution in [2.45, 2.75) is 0 Å². The van der Waals surface area contributed by atoms with Crippen LogP contribution in [0.4, 0.5) is 0 Å². The Morgan fingerprint density at radius 1 is 1.00 bits per heavy atom. The number of hydrogen-bond acceptors (Lipinski definition) is 3. The van der Waals surface area contributed by atoms with E-state index in [4.69, 9.17) is 14.7 Å². The fraction of sp³-hybridized carbons (Fsp3) is 0. The maximum atomic E-state index is 7.23. The second-order valence-electron chi connectivity index (χ2n) is 0.268. The van der Waals surface area contributed by atoms with Crippen LogP contribution >= 0.6 is 14.6 Å². The standard InChI is InChI=1S/3Na.H3O3P.H2P.2H/c;;;1-4(2)3;;;/h;;;1-3H;1H2;;/q;;+1;;-1;;. The molecule has 0 aliphatic heterocycles. The Bertz CT molecular complexity index is 17.2. The van der Waals surface area contributed by atoms with Gasteiger partial charge in [0.2, 0.25) is 0 Å². The normalized spacial score (nSPS) is 5.38. The molecular weight excluding hydrogens is 179 g/mol. The molecule has 3 N–H and O–H groups in total. The Hall–Kier alpha value is 3.74. The molecule has 1 atom stereocenters. The molecule has 0 fully saturated rings. The zero-order valence-corrected chi connectivity index (χ0v) is 7.42. The average Bonchev–Trinajstić information content (AvgIpc) is 1.41. The molecule has 0 heterocycles. The predicted octanol–water partition coefficient (Wildman–Crippen LogP) is -2.16. The Balaban J connectivity index is -0.0000000183. The van der Waals surface area contributed by atoms with Crippen molar-refractivity contribution in [2.75, 3.05) is 0 Å². The summed E-state index contributed by atoms with van der Waals surface area (Å²) >= 11 is 1.22. The first-order chi connectivity index (χ1) is 2.73. The van der Waals surface area contributed by atoms with E-state index >= 15 is 0 Å². The average molecular weight is 186 g/mol. The van der Waals surface area contributed by atoms with Crippen LogP contribution in [0.5, 0.6) is 0 Å². The summed E-state index contributed by atoms with van der Waals surface area (Å²) in [5, 5.41) is 0. The molecule has 0 spiro atoms. The second-order valence-corrected chi connectivity index (χ2v) is 0.805. The van der Waals surface area contributed by atoms with Gasteiger partial charge in [-0.2, -0.15) is 0 Å². The van der Waals surface area contributed by atoms with Crippen LogP contribution in [-0.2, 0) is 0 Å². The molecule has 0 aliphatic rings. The van der Waals surface area contributed by atoms with Gasteiger partial charge in [0.05, 0.1) is 0 Å². The Morgan fingerprint density at radius 2 is 1.00 bits per heavy atom. The van der Waals surface area contributed by atoms with Crippen LogP contribution in [0, 0.1) is 0 Å². The second kappa shape index (κ2) is 22.4. The van der Waals surface area contributed by atoms with E-state index in [0.29, 0.717) is 0 Å². The molecule has 0 aromatic carbocycles. The van der Waals surface area contributed by atoms with E-state index in [1.54, 1.807) is 0 Å². The molecule has 8 heteroatoms. The summed E-state index contributed by atoms with van der Waals surface area (Å²) in [4.78, 5) is 21.7. The van der Waals surface area contributed by atoms with Crippen molar-refractivity contribution in [1.29, 1.82) is 0 Å². The van der Waals surface area contributed by atoms with Gasteiger partial charge < -0.3 is 14.7 Å². The summed E-state index contributed by atoms with van der Waals surface area (Å²) in [6.07, 6.45) is 0. The molecule has 0 saturated heterocycles. The van der Waals surface area contributed by atoms with Gasteiger partial charge in [0.15, 0.2) is 0 Å². The third kappa shape index (κ3) is 53.2. The topological polar surface area (TPSA) is 60.7 Å². The van der Waals surface area contributed by atoms with Crippen molar-refractivity contribution in [3.05, 3.63) is 0 Å². The van der Waals surface area contributed by atoms with Crippen molar-refractivity contribution >= 4 is 101 Å². The summed E-state index contributed by atoms with van der Waals surface area (Å²) in [5.41, 5.74) is 0. The van der Waals surface area contributed by atoms with Crippen LogP contribution < -0.4 is 0 Å². The fourth-order valence-electron chi connectivity index (χ4n) is 0. The van der Waals surface area contributed by atoms with E-state index < -0.39 is 8.60 Å². The molecule has 0 aromatic heterocycles. The molecule has 8 heavy (non-hydrogen) atoms. The Kier molecular flexibility index (Phi) is 63.4. The van der Waals surface area contributed by atoms with Gasteiger partial charge in [0.1, 0.15) is 0 Å². The van der Waals surface area contributed by atoms with E-state index in [1.807, 2.05) is 0 Å². The first-order valence-electron chi connectivity index (χ1n) is 1.18. The van der Waals surface area contributed by atoms with E-state index in [-0.39, 0.29) is 59.1 Å². The van der Waals surface area contributed by atoms with E-state index in [2.05, 4.69) is 6.00 Å². The van der Waals surface area contributed by atoms with Gasteiger partial charge in [0.25, 0.3) is 0 Å². The predicted molar refractivity (Wildman–Crippen MR) is 43.3 cm³/mol. The molecule has 0 rings (SSSR count). The third-order valence-electron chi connectivity index (χ3n) is 0. The van der Waals surface area contributed by atoms with Gasteiger partial charge in [-0.25, -0.2) is 0 Å². The van der Waals surface area contributed by atoms with E-state index in [0.717, 1.165) is 0 Å². The van der Waals surface area contributed by atoms with Crippen LogP contribution in [0.3, 0.4) is 0 Å². The first-order valence-corrected chi connectivity index (χ1v) is 7.00. The van der Waals surface area contributed by atoms with E-state index in [9.17, 15) is 0 Å². The van der Waals surface area contributed by atoms with Crippen molar-refractivity contribution in [2.24, 2.45) is 0 Å². The fourth-order valence-corrected chi connectivity index (χ4v) is 0. The maximum absolute atomic E-state index is 7.23. The monoisotopic (exact) mass is 186 g/mol. The quantitative estimate of drug-likeness (QED) is 0.298. The molecule has 0 aromatic rings. The van der Waals surface area contributed by atoms with Crippen molar-refractivity contribution in [3.8, 4) is 0 Å². The molecular formula is H7Na3O3P2.